The number of unbranched alkanes of at least 4 members (excludes halogenated alkanes) is 40. The Morgan fingerprint density at radius 2 is 0.459 bits per heavy atom. The quantitative estimate of drug-likeness (QED) is 0.0502. The molecule has 74 heavy (non-hydrogen) atoms. The fourth-order valence-corrected chi connectivity index (χ4v) is 10.1. The first-order chi connectivity index (χ1) is 36.5. The molecule has 2 aromatic carbocycles. The second kappa shape index (κ2) is 51.2. The van der Waals surface area contributed by atoms with E-state index in [1.165, 1.54) is 257 Å². The van der Waals surface area contributed by atoms with Crippen molar-refractivity contribution in [2.75, 3.05) is 37.1 Å². The molecule has 0 aromatic heterocycles. The van der Waals surface area contributed by atoms with Crippen LogP contribution < -0.4 is 29.6 Å². The number of thiocarbonyl (C=S) groups is 2. The van der Waals surface area contributed by atoms with Crippen LogP contribution >= 0.6 is 24.4 Å². The molecule has 0 spiro atoms. The number of anilines is 2. The van der Waals surface area contributed by atoms with Crippen molar-refractivity contribution in [3.8, 4) is 23.0 Å². The molecular formula is C66H116N2O4S2. The molecule has 2 aromatic rings. The zero-order chi connectivity index (χ0) is 53.0. The van der Waals surface area contributed by atoms with Crippen molar-refractivity contribution in [1.29, 1.82) is 0 Å². The number of hydrogen-bond acceptors (Lipinski definition) is 6. The highest BCUT2D eigenvalue weighted by molar-refractivity contribution is 7.89. The molecule has 2 N–H and O–H groups in total. The molecule has 8 heteroatoms. The van der Waals surface area contributed by atoms with Gasteiger partial charge in [0.15, 0.2) is 23.0 Å². The largest absolute Gasteiger partial charge is 0.490 e. The molecule has 0 heterocycles. The van der Waals surface area contributed by atoms with Gasteiger partial charge in [0, 0.05) is 23.5 Å². The summed E-state index contributed by atoms with van der Waals surface area (Å²) in [4.78, 5) is 0.900. The lowest BCUT2D eigenvalue weighted by atomic mass is 10.1. The molecule has 0 aliphatic rings. The fraction of sp³-hybridized carbons (Fsp3) is 0.788. The molecule has 426 valence electrons. The molecule has 0 saturated carbocycles. The summed E-state index contributed by atoms with van der Waals surface area (Å²) in [5.41, 5.74) is 1.66. The lowest BCUT2D eigenvalue weighted by molar-refractivity contribution is 0.258. The summed E-state index contributed by atoms with van der Waals surface area (Å²) in [6.45, 7) is 11.9. The van der Waals surface area contributed by atoms with Gasteiger partial charge in [0.2, 0.25) is 0 Å². The molecule has 0 radical (unpaired) electrons. The first-order valence-electron chi connectivity index (χ1n) is 31.9. The van der Waals surface area contributed by atoms with Crippen molar-refractivity contribution < 1.29 is 18.9 Å². The van der Waals surface area contributed by atoms with Gasteiger partial charge in [0.1, 0.15) is 9.98 Å². The van der Waals surface area contributed by atoms with Crippen LogP contribution in [0.15, 0.2) is 36.4 Å². The highest BCUT2D eigenvalue weighted by Gasteiger charge is 2.14. The van der Waals surface area contributed by atoms with Crippen molar-refractivity contribution in [1.82, 2.24) is 0 Å². The van der Waals surface area contributed by atoms with Crippen molar-refractivity contribution in [2.45, 2.75) is 310 Å². The van der Waals surface area contributed by atoms with Gasteiger partial charge >= 0.3 is 0 Å². The SMILES string of the molecule is CCCCCCCCCCCCCOc1ccc(NC(=S)C(=S)Nc2ccc(OCCCCCCCCCCCCC)c(OCCCCCCCCCCCCC)c2)cc1OCCCCCCCCCCCCC. The third-order valence-corrected chi connectivity index (χ3v) is 15.4. The Morgan fingerprint density at radius 3 is 0.676 bits per heavy atom. The molecule has 0 aliphatic heterocycles. The second-order valence-corrected chi connectivity index (χ2v) is 22.6. The van der Waals surface area contributed by atoms with Crippen LogP contribution in [0.5, 0.6) is 23.0 Å². The summed E-state index contributed by atoms with van der Waals surface area (Å²) in [5, 5.41) is 6.79. The van der Waals surface area contributed by atoms with Gasteiger partial charge in [-0.1, -0.05) is 309 Å². The molecule has 0 unspecified atom stereocenters. The molecule has 0 saturated heterocycles. The van der Waals surface area contributed by atoms with Crippen LogP contribution in [0.1, 0.15) is 310 Å². The van der Waals surface area contributed by atoms with Crippen LogP contribution in [0.25, 0.3) is 0 Å². The molecule has 0 aliphatic carbocycles. The molecule has 0 bridgehead atoms. The Morgan fingerprint density at radius 1 is 0.270 bits per heavy atom. The lowest BCUT2D eigenvalue weighted by Crippen LogP contribution is -2.25. The third-order valence-electron chi connectivity index (χ3n) is 14.6. The van der Waals surface area contributed by atoms with E-state index in [-0.39, 0.29) is 0 Å². The normalized spacial score (nSPS) is 11.2. The Bertz CT molecular complexity index is 1470. The first-order valence-corrected chi connectivity index (χ1v) is 32.8. The first kappa shape index (κ1) is 67.5. The van der Waals surface area contributed by atoms with E-state index in [1.807, 2.05) is 36.4 Å². The van der Waals surface area contributed by atoms with Crippen LogP contribution in [-0.2, 0) is 0 Å². The minimum atomic E-state index is 0.450. The monoisotopic (exact) mass is 1060 g/mol. The molecule has 6 nitrogen and oxygen atoms in total. The smallest absolute Gasteiger partial charge is 0.163 e. The topological polar surface area (TPSA) is 61.0 Å². The second-order valence-electron chi connectivity index (χ2n) is 21.8. The maximum atomic E-state index is 6.46. The molecule has 0 amide bonds. The standard InChI is InChI=1S/C66H116N2O4S2/c1-5-9-13-17-21-25-29-33-37-41-45-53-69-61-51-49-59(57-63(61)71-55-47-43-39-35-31-27-23-19-15-11-7-3)67-65(73)66(74)68-60-50-52-62(70-54-46-42-38-34-30-26-22-18-14-10-6-2)64(58-60)72-56-48-44-40-36-32-28-24-20-16-12-8-4/h49-52,57-58H,5-48,53-56H2,1-4H3,(H,67,73)(H,68,74). The average molecular weight is 1070 g/mol. The van der Waals surface area contributed by atoms with Gasteiger partial charge < -0.3 is 29.6 Å². The minimum Gasteiger partial charge on any atom is -0.490 e. The van der Waals surface area contributed by atoms with Gasteiger partial charge in [-0.05, 0) is 49.9 Å². The summed E-state index contributed by atoms with van der Waals surface area (Å²) in [6.07, 6.45) is 57.7. The summed E-state index contributed by atoms with van der Waals surface area (Å²) < 4.78 is 25.7. The van der Waals surface area contributed by atoms with E-state index < -0.39 is 0 Å². The number of nitrogens with one attached hydrogen (secondary N) is 2. The van der Waals surface area contributed by atoms with E-state index in [0.29, 0.717) is 36.4 Å². The number of ether oxygens (including phenoxy) is 4. The van der Waals surface area contributed by atoms with Gasteiger partial charge in [-0.3, -0.25) is 0 Å². The molecule has 0 atom stereocenters. The van der Waals surface area contributed by atoms with Crippen molar-refractivity contribution >= 4 is 45.8 Å². The van der Waals surface area contributed by atoms with Crippen molar-refractivity contribution in [3.05, 3.63) is 36.4 Å². The van der Waals surface area contributed by atoms with E-state index in [4.69, 9.17) is 43.4 Å². The Balaban J connectivity index is 1.97. The van der Waals surface area contributed by atoms with Gasteiger partial charge in [-0.2, -0.15) is 0 Å². The number of benzene rings is 2. The van der Waals surface area contributed by atoms with Crippen LogP contribution in [0.3, 0.4) is 0 Å². The Hall–Kier alpha value is -2.58. The predicted octanol–water partition coefficient (Wildman–Crippen LogP) is 22.6. The number of hydrogen-bond donors (Lipinski definition) is 2. The summed E-state index contributed by atoms with van der Waals surface area (Å²) in [7, 11) is 0. The third kappa shape index (κ3) is 38.9. The van der Waals surface area contributed by atoms with Gasteiger partial charge in [-0.25, -0.2) is 0 Å². The highest BCUT2D eigenvalue weighted by atomic mass is 32.1. The van der Waals surface area contributed by atoms with E-state index in [2.05, 4.69) is 38.3 Å². The zero-order valence-corrected chi connectivity index (χ0v) is 50.5. The summed E-state index contributed by atoms with van der Waals surface area (Å²) in [5.74, 6) is 3.11. The van der Waals surface area contributed by atoms with E-state index in [9.17, 15) is 0 Å². The highest BCUT2D eigenvalue weighted by Crippen LogP contribution is 2.33. The molecule has 0 fully saturated rings. The van der Waals surface area contributed by atoms with Gasteiger partial charge in [0.25, 0.3) is 0 Å². The van der Waals surface area contributed by atoms with Crippen molar-refractivity contribution in [2.24, 2.45) is 0 Å². The van der Waals surface area contributed by atoms with Crippen molar-refractivity contribution in [3.63, 3.8) is 0 Å². The van der Waals surface area contributed by atoms with Gasteiger partial charge in [-0.15, -0.1) is 0 Å². The maximum Gasteiger partial charge on any atom is 0.163 e. The number of rotatable bonds is 54. The fourth-order valence-electron chi connectivity index (χ4n) is 9.81. The van der Waals surface area contributed by atoms with E-state index in [0.717, 1.165) is 60.1 Å². The predicted molar refractivity (Wildman–Crippen MR) is 333 cm³/mol. The van der Waals surface area contributed by atoms with E-state index in [1.54, 1.807) is 0 Å². The Kier molecular flexibility index (Phi) is 46.7. The summed E-state index contributed by atoms with van der Waals surface area (Å²) in [6, 6.07) is 12.1. The van der Waals surface area contributed by atoms with Crippen LogP contribution in [-0.4, -0.2) is 36.4 Å². The van der Waals surface area contributed by atoms with Crippen LogP contribution in [0.2, 0.25) is 0 Å². The molecular weight excluding hydrogens is 949 g/mol. The summed E-state index contributed by atoms with van der Waals surface area (Å²) >= 11 is 11.8. The zero-order valence-electron chi connectivity index (χ0n) is 48.9. The lowest BCUT2D eigenvalue weighted by Gasteiger charge is -2.17. The van der Waals surface area contributed by atoms with Gasteiger partial charge in [0.05, 0.1) is 26.4 Å². The Labute approximate surface area is 468 Å². The van der Waals surface area contributed by atoms with E-state index >= 15 is 0 Å². The average Bonchev–Trinajstić information content (AvgIpc) is 3.40. The van der Waals surface area contributed by atoms with Crippen LogP contribution in [0, 0.1) is 0 Å². The van der Waals surface area contributed by atoms with Crippen LogP contribution in [0.4, 0.5) is 11.4 Å². The molecule has 2 rings (SSSR count). The minimum absolute atomic E-state index is 0.450. The maximum absolute atomic E-state index is 6.46.